The number of carboxylic acid groups (broad SMARTS) is 1. The van der Waals surface area contributed by atoms with E-state index in [0.29, 0.717) is 16.6 Å². The molecule has 0 amide bonds. The lowest BCUT2D eigenvalue weighted by Gasteiger charge is -2.15. The Kier molecular flexibility index (Phi) is 6.33. The smallest absolute Gasteiger partial charge is 0.307 e. The van der Waals surface area contributed by atoms with E-state index in [9.17, 15) is 18.0 Å². The number of benzene rings is 2. The van der Waals surface area contributed by atoms with Gasteiger partial charge in [-0.3, -0.25) is 4.79 Å². The molecule has 0 spiro atoms. The van der Waals surface area contributed by atoms with Crippen LogP contribution in [0.5, 0.6) is 0 Å². The first-order valence-electron chi connectivity index (χ1n) is 7.69. The van der Waals surface area contributed by atoms with E-state index in [0.717, 1.165) is 22.6 Å². The average Bonchev–Trinajstić information content (AvgIpc) is 2.96. The number of thiazole rings is 1. The molecule has 3 aromatic rings. The molecule has 0 radical (unpaired) electrons. The summed E-state index contributed by atoms with van der Waals surface area (Å²) in [6.45, 7) is 0. The number of fused-ring (bicyclic) bond motifs is 1. The highest BCUT2D eigenvalue weighted by Gasteiger charge is 2.18. The maximum atomic E-state index is 13.8. The van der Waals surface area contributed by atoms with Gasteiger partial charge >= 0.3 is 5.97 Å². The summed E-state index contributed by atoms with van der Waals surface area (Å²) in [6, 6.07) is 5.85. The maximum absolute atomic E-state index is 13.8. The quantitative estimate of drug-likeness (QED) is 0.625. The average molecular weight is 417 g/mol. The third-order valence-electron chi connectivity index (χ3n) is 3.82. The van der Waals surface area contributed by atoms with Crippen LogP contribution in [0.25, 0.3) is 10.2 Å². The summed E-state index contributed by atoms with van der Waals surface area (Å²) in [5.74, 6) is -4.24. The molecule has 0 aliphatic carbocycles. The van der Waals surface area contributed by atoms with E-state index in [-0.39, 0.29) is 35.5 Å². The number of carboxylic acids is 1. The van der Waals surface area contributed by atoms with Crippen molar-refractivity contribution in [2.24, 2.45) is 0 Å². The number of aliphatic carboxylic acids is 1. The topological polar surface area (TPSA) is 53.4 Å². The Labute approximate surface area is 163 Å². The molecule has 0 saturated carbocycles. The lowest BCUT2D eigenvalue weighted by atomic mass is 10.0. The number of rotatable bonds is 5. The van der Waals surface area contributed by atoms with Gasteiger partial charge in [-0.1, -0.05) is 6.07 Å². The molecule has 9 heteroatoms. The van der Waals surface area contributed by atoms with E-state index in [1.54, 1.807) is 12.1 Å². The summed E-state index contributed by atoms with van der Waals surface area (Å²) >= 11 is 0.953. The minimum absolute atomic E-state index is 0. The second-order valence-electron chi connectivity index (χ2n) is 6.09. The summed E-state index contributed by atoms with van der Waals surface area (Å²) in [5.41, 5.74) is 1.86. The Bertz CT molecular complexity index is 1010. The normalized spacial score (nSPS) is 10.7. The molecule has 0 unspecified atom stereocenters. The molecule has 0 aliphatic heterocycles. The van der Waals surface area contributed by atoms with Crippen molar-refractivity contribution in [1.29, 1.82) is 0 Å². The molecule has 3 rings (SSSR count). The first-order valence-corrected chi connectivity index (χ1v) is 8.51. The van der Waals surface area contributed by atoms with Crippen molar-refractivity contribution in [2.75, 3.05) is 19.0 Å². The van der Waals surface area contributed by atoms with Crippen LogP contribution >= 0.6 is 23.7 Å². The number of hydrogen-bond acceptors (Lipinski definition) is 4. The standard InChI is InChI=1S/C18H15F3N2O2S.ClH/c1-23(2)11-4-9(3-10(5-11)7-15(24)25)6-14-22-17-16(21)12(19)8-13(20)18(17)26-14;/h3-5,8H,6-7H2,1-2H3,(H,24,25);1H. The highest BCUT2D eigenvalue weighted by atomic mass is 35.5. The van der Waals surface area contributed by atoms with Crippen LogP contribution in [0.2, 0.25) is 0 Å². The van der Waals surface area contributed by atoms with Gasteiger partial charge in [0.05, 0.1) is 16.1 Å². The molecule has 0 saturated heterocycles. The van der Waals surface area contributed by atoms with Crippen molar-refractivity contribution in [3.05, 3.63) is 57.9 Å². The predicted octanol–water partition coefficient (Wildman–Crippen LogP) is 4.42. The van der Waals surface area contributed by atoms with E-state index >= 15 is 0 Å². The summed E-state index contributed by atoms with van der Waals surface area (Å²) < 4.78 is 41.0. The molecule has 1 aromatic heterocycles. The first kappa shape index (κ1) is 21.0. The fraction of sp³-hybridized carbons (Fsp3) is 0.222. The van der Waals surface area contributed by atoms with Crippen LogP contribution in [-0.2, 0) is 17.6 Å². The van der Waals surface area contributed by atoms with Crippen LogP contribution in [0.4, 0.5) is 18.9 Å². The van der Waals surface area contributed by atoms with Gasteiger partial charge in [-0.05, 0) is 23.3 Å². The fourth-order valence-electron chi connectivity index (χ4n) is 2.66. The third-order valence-corrected chi connectivity index (χ3v) is 4.89. The highest BCUT2D eigenvalue weighted by molar-refractivity contribution is 7.18. The van der Waals surface area contributed by atoms with Gasteiger partial charge in [-0.2, -0.15) is 0 Å². The summed E-state index contributed by atoms with van der Waals surface area (Å²) in [6.07, 6.45) is 0.122. The molecule has 27 heavy (non-hydrogen) atoms. The lowest BCUT2D eigenvalue weighted by Crippen LogP contribution is -2.10. The first-order chi connectivity index (χ1) is 12.2. The van der Waals surface area contributed by atoms with Crippen molar-refractivity contribution in [2.45, 2.75) is 12.8 Å². The van der Waals surface area contributed by atoms with Gasteiger partial charge in [0.15, 0.2) is 11.6 Å². The molecule has 0 aliphatic rings. The largest absolute Gasteiger partial charge is 0.481 e. The molecule has 4 nitrogen and oxygen atoms in total. The minimum Gasteiger partial charge on any atom is -0.481 e. The fourth-order valence-corrected chi connectivity index (χ4v) is 3.66. The Morgan fingerprint density at radius 2 is 1.78 bits per heavy atom. The Morgan fingerprint density at radius 1 is 1.11 bits per heavy atom. The number of nitrogens with zero attached hydrogens (tertiary/aromatic N) is 2. The Balaban J connectivity index is 0.00000261. The van der Waals surface area contributed by atoms with Crippen molar-refractivity contribution in [1.82, 2.24) is 4.98 Å². The van der Waals surface area contributed by atoms with Crippen LogP contribution in [0.1, 0.15) is 16.1 Å². The van der Waals surface area contributed by atoms with E-state index < -0.39 is 23.4 Å². The van der Waals surface area contributed by atoms with Gasteiger partial charge in [0.1, 0.15) is 11.3 Å². The highest BCUT2D eigenvalue weighted by Crippen LogP contribution is 2.30. The number of aromatic nitrogens is 1. The van der Waals surface area contributed by atoms with Gasteiger partial charge in [0, 0.05) is 32.3 Å². The Hall–Kier alpha value is -2.32. The number of carbonyl (C=O) groups is 1. The van der Waals surface area contributed by atoms with Crippen molar-refractivity contribution >= 4 is 45.6 Å². The zero-order valence-electron chi connectivity index (χ0n) is 14.4. The van der Waals surface area contributed by atoms with E-state index in [2.05, 4.69) is 4.98 Å². The van der Waals surface area contributed by atoms with E-state index in [1.807, 2.05) is 25.1 Å². The zero-order valence-corrected chi connectivity index (χ0v) is 16.1. The monoisotopic (exact) mass is 416 g/mol. The number of anilines is 1. The molecule has 0 bridgehead atoms. The van der Waals surface area contributed by atoms with Gasteiger partial charge in [-0.25, -0.2) is 18.2 Å². The molecule has 1 heterocycles. The molecular formula is C18H16ClF3N2O2S. The maximum Gasteiger partial charge on any atom is 0.307 e. The SMILES string of the molecule is CN(C)c1cc(CC(=O)O)cc(Cc2nc3c(F)c(F)cc(F)c3s2)c1.Cl. The van der Waals surface area contributed by atoms with Crippen molar-refractivity contribution in [3.63, 3.8) is 0 Å². The van der Waals surface area contributed by atoms with Crippen molar-refractivity contribution < 1.29 is 23.1 Å². The van der Waals surface area contributed by atoms with Crippen LogP contribution in [0.15, 0.2) is 24.3 Å². The summed E-state index contributed by atoms with van der Waals surface area (Å²) in [4.78, 5) is 16.9. The van der Waals surface area contributed by atoms with Gasteiger partial charge in [0.25, 0.3) is 0 Å². The minimum atomic E-state index is -1.27. The van der Waals surface area contributed by atoms with Crippen molar-refractivity contribution in [3.8, 4) is 0 Å². The van der Waals surface area contributed by atoms with Gasteiger partial charge in [0.2, 0.25) is 0 Å². The number of halogens is 4. The molecule has 0 fully saturated rings. The zero-order chi connectivity index (χ0) is 19.0. The van der Waals surface area contributed by atoms with Gasteiger partial charge < -0.3 is 10.0 Å². The van der Waals surface area contributed by atoms with Crippen LogP contribution in [0, 0.1) is 17.5 Å². The molecular weight excluding hydrogens is 401 g/mol. The van der Waals surface area contributed by atoms with E-state index in [1.165, 1.54) is 0 Å². The van der Waals surface area contributed by atoms with Crippen LogP contribution < -0.4 is 4.90 Å². The predicted molar refractivity (Wildman–Crippen MR) is 102 cm³/mol. The van der Waals surface area contributed by atoms with Crippen LogP contribution in [0.3, 0.4) is 0 Å². The lowest BCUT2D eigenvalue weighted by molar-refractivity contribution is -0.136. The second kappa shape index (κ2) is 8.14. The van der Waals surface area contributed by atoms with Crippen LogP contribution in [-0.4, -0.2) is 30.2 Å². The second-order valence-corrected chi connectivity index (χ2v) is 7.17. The van der Waals surface area contributed by atoms with E-state index in [4.69, 9.17) is 5.11 Å². The summed E-state index contributed by atoms with van der Waals surface area (Å²) in [7, 11) is 3.66. The molecule has 144 valence electrons. The Morgan fingerprint density at radius 3 is 2.41 bits per heavy atom. The molecule has 1 N–H and O–H groups in total. The third kappa shape index (κ3) is 4.51. The van der Waals surface area contributed by atoms with Gasteiger partial charge in [-0.15, -0.1) is 23.7 Å². The number of hydrogen-bond donors (Lipinski definition) is 1. The molecule has 0 atom stereocenters. The molecule has 2 aromatic carbocycles. The summed E-state index contributed by atoms with van der Waals surface area (Å²) in [5, 5.41) is 9.43.